The van der Waals surface area contributed by atoms with E-state index < -0.39 is 14.6 Å². The second kappa shape index (κ2) is 6.87. The van der Waals surface area contributed by atoms with Crippen LogP contribution < -0.4 is 0 Å². The average Bonchev–Trinajstić information content (AvgIpc) is 1.86. The predicted octanol–water partition coefficient (Wildman–Crippen LogP) is 3.88. The molecular formula is C16H40BO3P. The second-order valence-corrected chi connectivity index (χ2v) is 17.6. The van der Waals surface area contributed by atoms with Crippen LogP contribution in [0.3, 0.4) is 0 Å². The molecule has 0 aromatic heterocycles. The molecule has 0 bridgehead atoms. The monoisotopic (exact) mass is 322 g/mol. The molecule has 3 N–H and O–H groups in total. The van der Waals surface area contributed by atoms with Gasteiger partial charge in [0, 0.05) is 0 Å². The number of hydrogen-bond acceptors (Lipinski definition) is 3. The van der Waals surface area contributed by atoms with Gasteiger partial charge < -0.3 is 15.1 Å². The molecular weight excluding hydrogens is 282 g/mol. The van der Waals surface area contributed by atoms with Gasteiger partial charge in [-0.15, -0.1) is 0 Å². The Morgan fingerprint density at radius 1 is 0.476 bits per heavy atom. The van der Waals surface area contributed by atoms with Gasteiger partial charge in [0.25, 0.3) is 0 Å². The van der Waals surface area contributed by atoms with Crippen LogP contribution in [-0.4, -0.2) is 43.0 Å². The van der Waals surface area contributed by atoms with E-state index in [4.69, 9.17) is 15.1 Å². The van der Waals surface area contributed by atoms with Crippen molar-refractivity contribution in [3.63, 3.8) is 0 Å². The van der Waals surface area contributed by atoms with Gasteiger partial charge in [-0.1, -0.05) is 0 Å². The molecule has 3 nitrogen and oxygen atoms in total. The van der Waals surface area contributed by atoms with Gasteiger partial charge in [0.2, 0.25) is 0 Å². The van der Waals surface area contributed by atoms with Gasteiger partial charge in [-0.25, -0.2) is 0 Å². The van der Waals surface area contributed by atoms with Crippen molar-refractivity contribution in [2.45, 2.75) is 104 Å². The van der Waals surface area contributed by atoms with Crippen LogP contribution in [0.4, 0.5) is 0 Å². The Morgan fingerprint density at radius 2 is 0.571 bits per heavy atom. The molecule has 0 spiro atoms. The van der Waals surface area contributed by atoms with Gasteiger partial charge in [0.1, 0.15) is 0 Å². The van der Waals surface area contributed by atoms with Gasteiger partial charge in [-0.2, -0.15) is 0 Å². The molecule has 0 saturated heterocycles. The summed E-state index contributed by atoms with van der Waals surface area (Å²) in [7, 11) is -3.77. The van der Waals surface area contributed by atoms with E-state index in [1.165, 1.54) is 0 Å². The fourth-order valence-corrected chi connectivity index (χ4v) is 20.2. The van der Waals surface area contributed by atoms with Crippen molar-refractivity contribution >= 4 is 14.6 Å². The Bertz CT molecular complexity index is 250. The smallest absolute Gasteiger partial charge is 0.402 e. The first kappa shape index (κ1) is 23.6. The summed E-state index contributed by atoms with van der Waals surface area (Å²) in [5.74, 6) is 0. The van der Waals surface area contributed by atoms with Crippen molar-refractivity contribution in [3.8, 4) is 0 Å². The maximum atomic E-state index is 7.17. The Hall–Kier alpha value is 0.375. The standard InChI is InChI=1S/C16H37P.BH3O3/c1-13(2,3)17(14(4,5)6,15(7,8)9)16(10,11)12;2-1(3)4/h17H,1-12H3;2-4H. The first-order chi connectivity index (χ1) is 8.73. The van der Waals surface area contributed by atoms with E-state index in [1.54, 1.807) is 0 Å². The molecule has 0 heterocycles. The summed E-state index contributed by atoms with van der Waals surface area (Å²) < 4.78 is 0. The van der Waals surface area contributed by atoms with Crippen molar-refractivity contribution in [2.24, 2.45) is 0 Å². The third-order valence-electron chi connectivity index (χ3n) is 4.50. The summed E-state index contributed by atoms with van der Waals surface area (Å²) in [5, 5.41) is 23.1. The van der Waals surface area contributed by atoms with Crippen LogP contribution >= 0.6 is 7.26 Å². The molecule has 0 saturated carbocycles. The molecule has 0 rings (SSSR count). The van der Waals surface area contributed by atoms with Crippen LogP contribution in [0, 0.1) is 0 Å². The molecule has 0 aliphatic carbocycles. The van der Waals surface area contributed by atoms with Crippen LogP contribution in [0.25, 0.3) is 0 Å². The van der Waals surface area contributed by atoms with Crippen molar-refractivity contribution in [1.82, 2.24) is 0 Å². The molecule has 0 aliphatic rings. The van der Waals surface area contributed by atoms with E-state index in [0.717, 1.165) is 0 Å². The van der Waals surface area contributed by atoms with Gasteiger partial charge in [-0.05, 0) is 0 Å². The number of rotatable bonds is 0. The minimum atomic E-state index is -2.17. The Kier molecular flexibility index (Phi) is 7.73. The van der Waals surface area contributed by atoms with Crippen molar-refractivity contribution in [1.29, 1.82) is 0 Å². The van der Waals surface area contributed by atoms with Gasteiger partial charge in [0.15, 0.2) is 0 Å². The van der Waals surface area contributed by atoms with Crippen LogP contribution in [0.15, 0.2) is 0 Å². The minimum Gasteiger partial charge on any atom is -0.402 e. The molecule has 130 valence electrons. The maximum Gasteiger partial charge on any atom is 0.631 e. The number of hydrogen-bond donors (Lipinski definition) is 3. The van der Waals surface area contributed by atoms with Crippen molar-refractivity contribution < 1.29 is 15.1 Å². The fraction of sp³-hybridized carbons (Fsp3) is 1.00. The molecule has 0 aromatic rings. The molecule has 0 unspecified atom stereocenters. The molecule has 0 radical (unpaired) electrons. The fourth-order valence-electron chi connectivity index (χ4n) is 6.75. The molecule has 5 heteroatoms. The normalized spacial score (nSPS) is 15.2. The second-order valence-electron chi connectivity index (χ2n) is 10.1. The maximum absolute atomic E-state index is 7.17. The van der Waals surface area contributed by atoms with E-state index in [-0.39, 0.29) is 0 Å². The topological polar surface area (TPSA) is 60.7 Å². The largest absolute Gasteiger partial charge is 0.631 e. The van der Waals surface area contributed by atoms with Crippen LogP contribution in [-0.2, 0) is 0 Å². The van der Waals surface area contributed by atoms with Gasteiger partial charge >= 0.3 is 118 Å². The Morgan fingerprint density at radius 3 is 0.571 bits per heavy atom. The summed E-state index contributed by atoms with van der Waals surface area (Å²) >= 11 is 0. The van der Waals surface area contributed by atoms with E-state index in [2.05, 4.69) is 83.1 Å². The van der Waals surface area contributed by atoms with Gasteiger partial charge in [-0.3, -0.25) is 0 Å². The average molecular weight is 322 g/mol. The first-order valence-electron chi connectivity index (χ1n) is 7.77. The zero-order chi connectivity index (χ0) is 18.1. The molecule has 21 heavy (non-hydrogen) atoms. The van der Waals surface area contributed by atoms with Crippen LogP contribution in [0.2, 0.25) is 0 Å². The molecule has 0 aliphatic heterocycles. The summed E-state index contributed by atoms with van der Waals surface area (Å²) in [4.78, 5) is 0. The summed E-state index contributed by atoms with van der Waals surface area (Å²) in [6.07, 6.45) is 0. The van der Waals surface area contributed by atoms with Crippen molar-refractivity contribution in [3.05, 3.63) is 0 Å². The van der Waals surface area contributed by atoms with E-state index in [0.29, 0.717) is 20.6 Å². The van der Waals surface area contributed by atoms with Gasteiger partial charge in [0.05, 0.1) is 0 Å². The molecule has 0 atom stereocenters. The summed E-state index contributed by atoms with van der Waals surface area (Å²) in [6, 6.07) is 0. The third-order valence-corrected chi connectivity index (χ3v) is 13.5. The predicted molar refractivity (Wildman–Crippen MR) is 99.7 cm³/mol. The van der Waals surface area contributed by atoms with Crippen LogP contribution in [0.5, 0.6) is 0 Å². The van der Waals surface area contributed by atoms with E-state index in [1.807, 2.05) is 0 Å². The first-order valence-corrected chi connectivity index (χ1v) is 9.77. The summed E-state index contributed by atoms with van der Waals surface area (Å²) in [5.41, 5.74) is 0. The molecule has 0 amide bonds. The summed E-state index contributed by atoms with van der Waals surface area (Å²) in [6.45, 7) is 29.7. The third kappa shape index (κ3) is 5.20. The zero-order valence-electron chi connectivity index (χ0n) is 16.4. The molecule has 0 aromatic carbocycles. The van der Waals surface area contributed by atoms with Crippen molar-refractivity contribution in [2.75, 3.05) is 0 Å². The van der Waals surface area contributed by atoms with Crippen LogP contribution in [0.1, 0.15) is 83.1 Å². The zero-order valence-corrected chi connectivity index (χ0v) is 17.4. The van der Waals surface area contributed by atoms with E-state index in [9.17, 15) is 0 Å². The minimum absolute atomic E-state index is 0.405. The van der Waals surface area contributed by atoms with E-state index >= 15 is 0 Å². The SMILES string of the molecule is CC(C)(C)[PH](C(C)(C)C)(C(C)(C)C)C(C)(C)C.OB(O)O. The Balaban J connectivity index is 0. The Labute approximate surface area is 134 Å². The quantitative estimate of drug-likeness (QED) is 0.468. The molecule has 0 fully saturated rings.